The van der Waals surface area contributed by atoms with Crippen LogP contribution in [-0.4, -0.2) is 30.1 Å². The Balaban J connectivity index is 0.00000363. The van der Waals surface area contributed by atoms with E-state index >= 15 is 0 Å². The third-order valence-electron chi connectivity index (χ3n) is 4.44. The van der Waals surface area contributed by atoms with Crippen molar-refractivity contribution >= 4 is 29.9 Å². The van der Waals surface area contributed by atoms with Gasteiger partial charge in [0.2, 0.25) is 11.8 Å². The number of hydrogen-bond donors (Lipinski definition) is 2. The first-order chi connectivity index (χ1) is 14.9. The fourth-order valence-corrected chi connectivity index (χ4v) is 2.67. The van der Waals surface area contributed by atoms with Crippen LogP contribution >= 0.6 is 24.0 Å². The molecule has 2 aromatic heterocycles. The van der Waals surface area contributed by atoms with E-state index in [9.17, 15) is 0 Å². The molecule has 0 fully saturated rings. The molecule has 0 bridgehead atoms. The zero-order chi connectivity index (χ0) is 22.3. The highest BCUT2D eigenvalue weighted by Gasteiger charge is 2.19. The van der Waals surface area contributed by atoms with E-state index in [1.807, 2.05) is 36.4 Å². The molecule has 2 heterocycles. The number of aromatic nitrogens is 2. The van der Waals surface area contributed by atoms with Crippen molar-refractivity contribution in [1.82, 2.24) is 20.6 Å². The Hall–Kier alpha value is -2.82. The number of methoxy groups -OCH3 is 1. The summed E-state index contributed by atoms with van der Waals surface area (Å²) in [5.74, 6) is 4.04. The Bertz CT molecular complexity index is 1010. The molecule has 0 aliphatic heterocycles. The van der Waals surface area contributed by atoms with Gasteiger partial charge in [0.15, 0.2) is 5.96 Å². The minimum atomic E-state index is -0.0688. The lowest BCUT2D eigenvalue weighted by atomic mass is 9.94. The van der Waals surface area contributed by atoms with Gasteiger partial charge in [0.1, 0.15) is 17.3 Å². The average Bonchev–Trinajstić information content (AvgIpc) is 3.25. The van der Waals surface area contributed by atoms with Crippen molar-refractivity contribution in [2.45, 2.75) is 39.3 Å². The fourth-order valence-electron chi connectivity index (χ4n) is 2.67. The monoisotopic (exact) mass is 551 g/mol. The summed E-state index contributed by atoms with van der Waals surface area (Å²) >= 11 is 0. The van der Waals surface area contributed by atoms with Gasteiger partial charge in [-0.2, -0.15) is 0 Å². The van der Waals surface area contributed by atoms with Gasteiger partial charge in [0, 0.05) is 37.3 Å². The van der Waals surface area contributed by atoms with Crippen molar-refractivity contribution in [2.75, 3.05) is 14.2 Å². The highest BCUT2D eigenvalue weighted by atomic mass is 127. The van der Waals surface area contributed by atoms with Crippen molar-refractivity contribution in [1.29, 1.82) is 0 Å². The molecular formula is C23H30IN5O3. The van der Waals surface area contributed by atoms with Crippen LogP contribution in [0.1, 0.15) is 38.0 Å². The number of guanidine groups is 1. The van der Waals surface area contributed by atoms with E-state index in [0.29, 0.717) is 36.6 Å². The maximum Gasteiger partial charge on any atom is 0.219 e. The topological polar surface area (TPSA) is 93.8 Å². The van der Waals surface area contributed by atoms with Crippen molar-refractivity contribution in [3.63, 3.8) is 0 Å². The van der Waals surface area contributed by atoms with E-state index in [4.69, 9.17) is 13.9 Å². The van der Waals surface area contributed by atoms with Gasteiger partial charge in [0.05, 0.1) is 19.9 Å². The molecule has 0 amide bonds. The van der Waals surface area contributed by atoms with Crippen LogP contribution < -0.4 is 20.1 Å². The maximum absolute atomic E-state index is 5.79. The lowest BCUT2D eigenvalue weighted by Gasteiger charge is -2.13. The lowest BCUT2D eigenvalue weighted by molar-refractivity contribution is 0.379. The van der Waals surface area contributed by atoms with Crippen molar-refractivity contribution in [3.05, 3.63) is 66.0 Å². The summed E-state index contributed by atoms with van der Waals surface area (Å²) in [7, 11) is 3.34. The quantitative estimate of drug-likeness (QED) is 0.251. The molecule has 0 unspecified atom stereocenters. The Morgan fingerprint density at radius 3 is 2.41 bits per heavy atom. The third kappa shape index (κ3) is 7.40. The van der Waals surface area contributed by atoms with Crippen LogP contribution in [0.2, 0.25) is 0 Å². The zero-order valence-electron chi connectivity index (χ0n) is 19.0. The molecule has 0 saturated heterocycles. The van der Waals surface area contributed by atoms with Crippen LogP contribution in [-0.2, 0) is 18.5 Å². The highest BCUT2D eigenvalue weighted by Crippen LogP contribution is 2.24. The minimum Gasteiger partial charge on any atom is -0.497 e. The average molecular weight is 551 g/mol. The molecule has 0 radical (unpaired) electrons. The maximum atomic E-state index is 5.79. The molecular weight excluding hydrogens is 521 g/mol. The minimum absolute atomic E-state index is 0. The summed E-state index contributed by atoms with van der Waals surface area (Å²) in [4.78, 5) is 12.9. The van der Waals surface area contributed by atoms with Gasteiger partial charge in [-0.1, -0.05) is 32.9 Å². The van der Waals surface area contributed by atoms with Gasteiger partial charge in [-0.05, 0) is 17.7 Å². The first-order valence-corrected chi connectivity index (χ1v) is 10.0. The van der Waals surface area contributed by atoms with Crippen LogP contribution in [0.4, 0.5) is 0 Å². The molecule has 1 aromatic carbocycles. The Labute approximate surface area is 205 Å². The number of ether oxygens (including phenoxy) is 2. The van der Waals surface area contributed by atoms with Gasteiger partial charge < -0.3 is 24.5 Å². The molecule has 2 N–H and O–H groups in total. The van der Waals surface area contributed by atoms with Crippen molar-refractivity contribution in [2.24, 2.45) is 4.99 Å². The summed E-state index contributed by atoms with van der Waals surface area (Å²) < 4.78 is 16.8. The van der Waals surface area contributed by atoms with Crippen LogP contribution in [0.3, 0.4) is 0 Å². The van der Waals surface area contributed by atoms with Crippen LogP contribution in [0.25, 0.3) is 0 Å². The van der Waals surface area contributed by atoms with E-state index in [0.717, 1.165) is 17.1 Å². The zero-order valence-corrected chi connectivity index (χ0v) is 21.3. The first kappa shape index (κ1) is 25.4. The number of benzene rings is 1. The van der Waals surface area contributed by atoms with E-state index in [1.54, 1.807) is 26.6 Å². The van der Waals surface area contributed by atoms with Crippen LogP contribution in [0.15, 0.2) is 58.2 Å². The predicted octanol–water partition coefficient (Wildman–Crippen LogP) is 4.65. The number of nitrogens with one attached hydrogen (secondary N) is 2. The second-order valence-corrected chi connectivity index (χ2v) is 7.93. The molecule has 9 heteroatoms. The summed E-state index contributed by atoms with van der Waals surface area (Å²) in [6.45, 7) is 7.27. The van der Waals surface area contributed by atoms with Gasteiger partial charge in [-0.15, -0.1) is 24.0 Å². The molecule has 0 aliphatic carbocycles. The second kappa shape index (κ2) is 11.7. The van der Waals surface area contributed by atoms with E-state index < -0.39 is 0 Å². The summed E-state index contributed by atoms with van der Waals surface area (Å²) in [5, 5.41) is 6.45. The van der Waals surface area contributed by atoms with E-state index in [2.05, 4.69) is 46.4 Å². The second-order valence-electron chi connectivity index (χ2n) is 7.93. The number of nitrogens with zero attached hydrogens (tertiary/aromatic N) is 3. The lowest BCUT2D eigenvalue weighted by Crippen LogP contribution is -2.36. The Kier molecular flexibility index (Phi) is 9.30. The number of hydrogen-bond acceptors (Lipinski definition) is 6. The van der Waals surface area contributed by atoms with Gasteiger partial charge in [-0.3, -0.25) is 4.99 Å². The van der Waals surface area contributed by atoms with Gasteiger partial charge in [0.25, 0.3) is 0 Å². The summed E-state index contributed by atoms with van der Waals surface area (Å²) in [5.41, 5.74) is 0.924. The standard InChI is InChI=1S/C23H29N5O3.HI/c1-23(2,3)19-14-26-21(31-19)15-28-22(24-4)27-13-16-9-10-20(25-12-16)30-18-8-6-7-17(11-18)29-5;/h6-12,14H,13,15H2,1-5H3,(H2,24,27,28);1H. The SMILES string of the molecule is CN=C(NCc1ccc(Oc2cccc(OC)c2)nc1)NCc1ncc(C(C)(C)C)o1.I. The molecule has 0 saturated carbocycles. The van der Waals surface area contributed by atoms with Crippen molar-refractivity contribution < 1.29 is 13.9 Å². The number of aliphatic imine (C=N–C) groups is 1. The number of halogens is 1. The number of rotatable bonds is 7. The molecule has 8 nitrogen and oxygen atoms in total. The summed E-state index contributed by atoms with van der Waals surface area (Å²) in [6, 6.07) is 11.2. The normalized spacial score (nSPS) is 11.5. The summed E-state index contributed by atoms with van der Waals surface area (Å²) in [6.07, 6.45) is 3.54. The highest BCUT2D eigenvalue weighted by molar-refractivity contribution is 14.0. The van der Waals surface area contributed by atoms with Gasteiger partial charge in [-0.25, -0.2) is 9.97 Å². The molecule has 3 aromatic rings. The third-order valence-corrected chi connectivity index (χ3v) is 4.44. The Morgan fingerprint density at radius 1 is 1.03 bits per heavy atom. The Morgan fingerprint density at radius 2 is 1.78 bits per heavy atom. The van der Waals surface area contributed by atoms with Gasteiger partial charge >= 0.3 is 0 Å². The predicted molar refractivity (Wildman–Crippen MR) is 135 cm³/mol. The van der Waals surface area contributed by atoms with Crippen molar-refractivity contribution in [3.8, 4) is 17.4 Å². The van der Waals surface area contributed by atoms with Crippen LogP contribution in [0, 0.1) is 0 Å². The van der Waals surface area contributed by atoms with E-state index in [-0.39, 0.29) is 29.4 Å². The number of oxazole rings is 1. The first-order valence-electron chi connectivity index (χ1n) is 10.0. The fraction of sp³-hybridized carbons (Fsp3) is 0.348. The van der Waals surface area contributed by atoms with Crippen LogP contribution in [0.5, 0.6) is 17.4 Å². The van der Waals surface area contributed by atoms with E-state index in [1.165, 1.54) is 0 Å². The molecule has 0 atom stereocenters. The molecule has 32 heavy (non-hydrogen) atoms. The smallest absolute Gasteiger partial charge is 0.219 e. The number of pyridine rings is 1. The largest absolute Gasteiger partial charge is 0.497 e. The molecule has 0 spiro atoms. The molecule has 172 valence electrons. The molecule has 3 rings (SSSR count). The molecule has 0 aliphatic rings.